The van der Waals surface area contributed by atoms with Crippen molar-refractivity contribution in [2.45, 2.75) is 19.9 Å². The summed E-state index contributed by atoms with van der Waals surface area (Å²) < 4.78 is 19.0. The number of nitrogens with zero attached hydrogens (tertiary/aromatic N) is 1. The van der Waals surface area contributed by atoms with Gasteiger partial charge in [-0.05, 0) is 50.3 Å². The van der Waals surface area contributed by atoms with Gasteiger partial charge < -0.3 is 10.1 Å². The van der Waals surface area contributed by atoms with Crippen molar-refractivity contribution in [3.63, 3.8) is 0 Å². The summed E-state index contributed by atoms with van der Waals surface area (Å²) in [4.78, 5) is 38.7. The van der Waals surface area contributed by atoms with Crippen molar-refractivity contribution < 1.29 is 23.5 Å². The number of carbonyl (C=O) groups excluding carboxylic acids is 3. The Hall–Kier alpha value is -3.04. The molecule has 0 aromatic heterocycles. The summed E-state index contributed by atoms with van der Waals surface area (Å²) in [5.74, 6) is -1.82. The van der Waals surface area contributed by atoms with E-state index in [1.807, 2.05) is 0 Å². The van der Waals surface area contributed by atoms with E-state index in [1.54, 1.807) is 44.2 Å². The number of hydrogen-bond donors (Lipinski definition) is 1. The largest absolute Gasteiger partial charge is 0.462 e. The van der Waals surface area contributed by atoms with Crippen LogP contribution < -0.4 is 5.32 Å². The Balaban J connectivity index is 1.70. The van der Waals surface area contributed by atoms with Gasteiger partial charge in [0.2, 0.25) is 5.91 Å². The smallest absolute Gasteiger partial charge is 0.338 e. The number of benzene rings is 2. The molecule has 1 atom stereocenters. The summed E-state index contributed by atoms with van der Waals surface area (Å²) in [6, 6.07) is 11.4. The number of thioether (sulfide) groups is 1. The van der Waals surface area contributed by atoms with Gasteiger partial charge in [0.15, 0.2) is 0 Å². The van der Waals surface area contributed by atoms with Crippen molar-refractivity contribution in [2.24, 2.45) is 0 Å². The average Bonchev–Trinajstić information content (AvgIpc) is 3.02. The first-order valence-corrected chi connectivity index (χ1v) is 10.6. The number of hydrogen-bond acceptors (Lipinski definition) is 6. The van der Waals surface area contributed by atoms with Crippen LogP contribution in [0.25, 0.3) is 6.08 Å². The Kier molecular flexibility index (Phi) is 7.19. The fourth-order valence-electron chi connectivity index (χ4n) is 2.82. The molecular weight excluding hydrogens is 439 g/mol. The summed E-state index contributed by atoms with van der Waals surface area (Å²) in [5.41, 5.74) is 1.09. The molecule has 0 radical (unpaired) electrons. The lowest BCUT2D eigenvalue weighted by atomic mass is 10.2. The Bertz CT molecular complexity index is 1070. The van der Waals surface area contributed by atoms with E-state index in [-0.39, 0.29) is 21.4 Å². The predicted molar refractivity (Wildman–Crippen MR) is 122 cm³/mol. The number of ether oxygens (including phenoxy) is 1. The van der Waals surface area contributed by atoms with E-state index in [4.69, 9.17) is 17.0 Å². The molecule has 1 heterocycles. The molecule has 0 spiro atoms. The van der Waals surface area contributed by atoms with Crippen molar-refractivity contribution in [2.75, 3.05) is 11.9 Å². The summed E-state index contributed by atoms with van der Waals surface area (Å²) in [6.45, 7) is 3.54. The van der Waals surface area contributed by atoms with E-state index >= 15 is 0 Å². The van der Waals surface area contributed by atoms with Gasteiger partial charge >= 0.3 is 5.97 Å². The van der Waals surface area contributed by atoms with Gasteiger partial charge in [-0.15, -0.1) is 0 Å². The number of thiocarbonyl (C=S) groups is 1. The second-order valence-corrected chi connectivity index (χ2v) is 8.21. The zero-order valence-corrected chi connectivity index (χ0v) is 18.4. The van der Waals surface area contributed by atoms with Crippen molar-refractivity contribution in [3.8, 4) is 0 Å². The highest BCUT2D eigenvalue weighted by Crippen LogP contribution is 2.34. The first-order valence-electron chi connectivity index (χ1n) is 9.41. The first-order chi connectivity index (χ1) is 14.8. The second kappa shape index (κ2) is 9.84. The zero-order chi connectivity index (χ0) is 22.5. The summed E-state index contributed by atoms with van der Waals surface area (Å²) in [6.07, 6.45) is 1.42. The lowest BCUT2D eigenvalue weighted by Crippen LogP contribution is -2.44. The molecule has 1 saturated heterocycles. The molecule has 0 bridgehead atoms. The van der Waals surface area contributed by atoms with Crippen LogP contribution in [0.3, 0.4) is 0 Å². The molecule has 6 nitrogen and oxygen atoms in total. The van der Waals surface area contributed by atoms with Gasteiger partial charge in [-0.25, -0.2) is 9.18 Å². The molecule has 1 aliphatic rings. The summed E-state index contributed by atoms with van der Waals surface area (Å²) >= 11 is 6.29. The van der Waals surface area contributed by atoms with Gasteiger partial charge in [-0.3, -0.25) is 14.5 Å². The number of nitrogens with one attached hydrogen (secondary N) is 1. The van der Waals surface area contributed by atoms with Gasteiger partial charge in [0.25, 0.3) is 5.91 Å². The van der Waals surface area contributed by atoms with E-state index < -0.39 is 29.6 Å². The highest BCUT2D eigenvalue weighted by molar-refractivity contribution is 8.26. The monoisotopic (exact) mass is 458 g/mol. The van der Waals surface area contributed by atoms with Crippen molar-refractivity contribution in [1.82, 2.24) is 4.90 Å². The molecule has 1 fully saturated rings. The number of amides is 2. The van der Waals surface area contributed by atoms with Crippen LogP contribution in [0.4, 0.5) is 10.1 Å². The maximum Gasteiger partial charge on any atom is 0.338 e. The van der Waals surface area contributed by atoms with Crippen LogP contribution in [-0.4, -0.2) is 39.7 Å². The van der Waals surface area contributed by atoms with E-state index in [0.717, 1.165) is 11.8 Å². The minimum absolute atomic E-state index is 0.216. The average molecular weight is 459 g/mol. The van der Waals surface area contributed by atoms with Crippen molar-refractivity contribution in [1.29, 1.82) is 0 Å². The van der Waals surface area contributed by atoms with E-state index in [1.165, 1.54) is 29.2 Å². The quantitative estimate of drug-likeness (QED) is 0.397. The standard InChI is InChI=1S/C22H19FN2O4S2/c1-3-29-21(28)14-8-10-16(11-9-14)24-19(26)13(2)25-20(27)18(31-22(25)30)12-15-6-4-5-7-17(15)23/h4-13H,3H2,1-2H3,(H,24,26)/b18-12-. The third-order valence-corrected chi connectivity index (χ3v) is 5.78. The van der Waals surface area contributed by atoms with Crippen LogP contribution >= 0.6 is 24.0 Å². The third-order valence-electron chi connectivity index (χ3n) is 4.45. The number of esters is 1. The number of halogens is 1. The molecule has 160 valence electrons. The fourth-order valence-corrected chi connectivity index (χ4v) is 4.22. The minimum atomic E-state index is -0.885. The normalized spacial score (nSPS) is 15.8. The van der Waals surface area contributed by atoms with Crippen molar-refractivity contribution >= 4 is 57.8 Å². The molecule has 0 aliphatic carbocycles. The molecule has 2 aromatic rings. The molecule has 0 saturated carbocycles. The molecule has 3 rings (SSSR count). The fraction of sp³-hybridized carbons (Fsp3) is 0.182. The van der Waals surface area contributed by atoms with Crippen LogP contribution in [0.5, 0.6) is 0 Å². The van der Waals surface area contributed by atoms with E-state index in [9.17, 15) is 18.8 Å². The Morgan fingerprint density at radius 3 is 2.55 bits per heavy atom. The Morgan fingerprint density at radius 1 is 1.23 bits per heavy atom. The van der Waals surface area contributed by atoms with Gasteiger partial charge in [0.1, 0.15) is 16.2 Å². The Labute approximate surface area is 188 Å². The van der Waals surface area contributed by atoms with Crippen LogP contribution in [0, 0.1) is 5.82 Å². The molecule has 9 heteroatoms. The number of rotatable bonds is 6. The first kappa shape index (κ1) is 22.6. The molecule has 2 aromatic carbocycles. The predicted octanol–water partition coefficient (Wildman–Crippen LogP) is 4.23. The van der Waals surface area contributed by atoms with E-state index in [2.05, 4.69) is 5.32 Å². The van der Waals surface area contributed by atoms with Gasteiger partial charge in [0.05, 0.1) is 17.1 Å². The SMILES string of the molecule is CCOC(=O)c1ccc(NC(=O)C(C)N2C(=O)/C(=C/c3ccccc3F)SC2=S)cc1. The molecule has 1 unspecified atom stereocenters. The molecule has 2 amide bonds. The van der Waals surface area contributed by atoms with Crippen LogP contribution in [0.15, 0.2) is 53.4 Å². The van der Waals surface area contributed by atoms with E-state index in [0.29, 0.717) is 11.3 Å². The minimum Gasteiger partial charge on any atom is -0.462 e. The molecule has 1 N–H and O–H groups in total. The summed E-state index contributed by atoms with van der Waals surface area (Å²) in [5, 5.41) is 2.70. The second-order valence-electron chi connectivity index (χ2n) is 6.54. The van der Waals surface area contributed by atoms with Crippen LogP contribution in [0.1, 0.15) is 29.8 Å². The lowest BCUT2D eigenvalue weighted by Gasteiger charge is -2.22. The number of anilines is 1. The van der Waals surface area contributed by atoms with Gasteiger partial charge in [-0.2, -0.15) is 0 Å². The highest BCUT2D eigenvalue weighted by atomic mass is 32.2. The molecule has 31 heavy (non-hydrogen) atoms. The molecule has 1 aliphatic heterocycles. The Morgan fingerprint density at radius 2 is 1.90 bits per heavy atom. The van der Waals surface area contributed by atoms with Crippen molar-refractivity contribution in [3.05, 3.63) is 70.4 Å². The molecular formula is C22H19FN2O4S2. The van der Waals surface area contributed by atoms with Gasteiger partial charge in [0, 0.05) is 11.3 Å². The maximum absolute atomic E-state index is 13.9. The lowest BCUT2D eigenvalue weighted by molar-refractivity contribution is -0.129. The number of carbonyl (C=O) groups is 3. The van der Waals surface area contributed by atoms with Gasteiger partial charge in [-0.1, -0.05) is 42.2 Å². The van der Waals surface area contributed by atoms with Crippen LogP contribution in [-0.2, 0) is 14.3 Å². The van der Waals surface area contributed by atoms with Crippen LogP contribution in [0.2, 0.25) is 0 Å². The zero-order valence-electron chi connectivity index (χ0n) is 16.8. The maximum atomic E-state index is 13.9. The third kappa shape index (κ3) is 5.18. The summed E-state index contributed by atoms with van der Waals surface area (Å²) in [7, 11) is 0. The highest BCUT2D eigenvalue weighted by Gasteiger charge is 2.38. The topological polar surface area (TPSA) is 75.7 Å².